The van der Waals surface area contributed by atoms with Crippen molar-refractivity contribution in [2.24, 2.45) is 0 Å². The highest BCUT2D eigenvalue weighted by molar-refractivity contribution is 7.89. The Morgan fingerprint density at radius 1 is 1.33 bits per heavy atom. The zero-order valence-corrected chi connectivity index (χ0v) is 16.9. The molecule has 2 atom stereocenters. The molecule has 9 heteroatoms. The number of nitrogens with zero attached hydrogens (tertiary/aromatic N) is 1. The number of benzene rings is 1. The molecule has 0 aromatic heterocycles. The smallest absolute Gasteiger partial charge is 0.317 e. The first-order valence-corrected chi connectivity index (χ1v) is 10.6. The number of sulfonamides is 1. The van der Waals surface area contributed by atoms with Gasteiger partial charge in [-0.3, -0.25) is 0 Å². The largest absolute Gasteiger partial charge is 0.383 e. The van der Waals surface area contributed by atoms with Crippen molar-refractivity contribution in [2.75, 3.05) is 33.4 Å². The molecule has 1 aromatic rings. The lowest BCUT2D eigenvalue weighted by Crippen LogP contribution is -2.42. The molecule has 27 heavy (non-hydrogen) atoms. The summed E-state index contributed by atoms with van der Waals surface area (Å²) in [5.74, 6) is 0. The fourth-order valence-electron chi connectivity index (χ4n) is 2.90. The van der Waals surface area contributed by atoms with E-state index in [-0.39, 0.29) is 36.2 Å². The van der Waals surface area contributed by atoms with Crippen molar-refractivity contribution in [1.82, 2.24) is 14.9 Å². The Balaban J connectivity index is 1.95. The molecule has 1 aromatic carbocycles. The van der Waals surface area contributed by atoms with E-state index in [9.17, 15) is 13.2 Å². The van der Waals surface area contributed by atoms with Crippen LogP contribution in [-0.2, 0) is 26.0 Å². The number of ether oxygens (including phenoxy) is 2. The highest BCUT2D eigenvalue weighted by Gasteiger charge is 2.23. The summed E-state index contributed by atoms with van der Waals surface area (Å²) in [5.41, 5.74) is 0.713. The molecule has 152 valence electrons. The summed E-state index contributed by atoms with van der Waals surface area (Å²) in [6.45, 7) is 5.88. The minimum atomic E-state index is -3.60. The first-order valence-electron chi connectivity index (χ1n) is 9.07. The van der Waals surface area contributed by atoms with E-state index in [1.807, 2.05) is 13.8 Å². The van der Waals surface area contributed by atoms with E-state index < -0.39 is 10.0 Å². The maximum absolute atomic E-state index is 12.4. The topological polar surface area (TPSA) is 97.0 Å². The van der Waals surface area contributed by atoms with Gasteiger partial charge in [0.25, 0.3) is 0 Å². The van der Waals surface area contributed by atoms with E-state index in [4.69, 9.17) is 9.47 Å². The number of carbonyl (C=O) groups is 1. The van der Waals surface area contributed by atoms with Crippen LogP contribution in [0.15, 0.2) is 29.2 Å². The second-order valence-corrected chi connectivity index (χ2v) is 8.46. The predicted octanol–water partition coefficient (Wildman–Crippen LogP) is 1.32. The fourth-order valence-corrected chi connectivity index (χ4v) is 3.99. The Hall–Kier alpha value is -1.68. The van der Waals surface area contributed by atoms with Crippen LogP contribution in [0.25, 0.3) is 0 Å². The van der Waals surface area contributed by atoms with Gasteiger partial charge in [-0.1, -0.05) is 12.1 Å². The number of rotatable bonds is 7. The van der Waals surface area contributed by atoms with Gasteiger partial charge in [0, 0.05) is 33.3 Å². The van der Waals surface area contributed by atoms with Gasteiger partial charge in [0.15, 0.2) is 0 Å². The van der Waals surface area contributed by atoms with Crippen LogP contribution in [0.2, 0.25) is 0 Å². The summed E-state index contributed by atoms with van der Waals surface area (Å²) >= 11 is 0. The van der Waals surface area contributed by atoms with E-state index in [0.29, 0.717) is 25.3 Å². The molecule has 2 amide bonds. The standard InChI is InChI=1S/C18H29N3O5S/c1-14-7-9-21(13-15(2)26-14)18(22)19-12-16-5-4-6-17(11-16)27(23,24)20-8-10-25-3/h4-6,11,14-15,20H,7-10,12-13H2,1-3H3,(H,19,22)/t14-,15+/m1/s1. The summed E-state index contributed by atoms with van der Waals surface area (Å²) in [4.78, 5) is 14.3. The third-order valence-electron chi connectivity index (χ3n) is 4.29. The van der Waals surface area contributed by atoms with Crippen LogP contribution in [-0.4, -0.2) is 64.9 Å². The molecule has 2 rings (SSSR count). The lowest BCUT2D eigenvalue weighted by atomic mass is 10.2. The van der Waals surface area contributed by atoms with Gasteiger partial charge in [0.05, 0.1) is 23.7 Å². The van der Waals surface area contributed by atoms with E-state index in [1.54, 1.807) is 23.1 Å². The van der Waals surface area contributed by atoms with Gasteiger partial charge in [-0.05, 0) is 38.0 Å². The number of hydrogen-bond acceptors (Lipinski definition) is 5. The monoisotopic (exact) mass is 399 g/mol. The number of methoxy groups -OCH3 is 1. The molecule has 1 fully saturated rings. The third-order valence-corrected chi connectivity index (χ3v) is 5.74. The van der Waals surface area contributed by atoms with Gasteiger partial charge in [-0.25, -0.2) is 17.9 Å². The third kappa shape index (κ3) is 6.76. The second kappa shape index (κ2) is 10.0. The molecule has 1 heterocycles. The van der Waals surface area contributed by atoms with Gasteiger partial charge in [-0.15, -0.1) is 0 Å². The van der Waals surface area contributed by atoms with Crippen LogP contribution in [0.3, 0.4) is 0 Å². The highest BCUT2D eigenvalue weighted by Crippen LogP contribution is 2.13. The number of urea groups is 1. The maximum Gasteiger partial charge on any atom is 0.317 e. The van der Waals surface area contributed by atoms with Crippen molar-refractivity contribution in [3.8, 4) is 0 Å². The molecule has 1 aliphatic heterocycles. The van der Waals surface area contributed by atoms with E-state index in [0.717, 1.165) is 6.42 Å². The lowest BCUT2D eigenvalue weighted by molar-refractivity contribution is 0.0160. The predicted molar refractivity (Wildman–Crippen MR) is 102 cm³/mol. The molecule has 0 bridgehead atoms. The zero-order valence-electron chi connectivity index (χ0n) is 16.1. The first kappa shape index (κ1) is 21.6. The van der Waals surface area contributed by atoms with Crippen LogP contribution >= 0.6 is 0 Å². The van der Waals surface area contributed by atoms with E-state index in [2.05, 4.69) is 10.0 Å². The fraction of sp³-hybridized carbons (Fsp3) is 0.611. The molecule has 1 aliphatic rings. The molecule has 2 N–H and O–H groups in total. The second-order valence-electron chi connectivity index (χ2n) is 6.69. The number of carbonyl (C=O) groups excluding carboxylic acids is 1. The van der Waals surface area contributed by atoms with Crippen molar-refractivity contribution in [3.05, 3.63) is 29.8 Å². The number of nitrogens with one attached hydrogen (secondary N) is 2. The van der Waals surface area contributed by atoms with E-state index >= 15 is 0 Å². The van der Waals surface area contributed by atoms with Gasteiger partial charge in [-0.2, -0.15) is 0 Å². The molecular weight excluding hydrogens is 370 g/mol. The van der Waals surface area contributed by atoms with Crippen molar-refractivity contribution < 1.29 is 22.7 Å². The molecular formula is C18H29N3O5S. The average molecular weight is 400 g/mol. The van der Waals surface area contributed by atoms with Crippen molar-refractivity contribution in [3.63, 3.8) is 0 Å². The first-order chi connectivity index (χ1) is 12.8. The summed E-state index contributed by atoms with van der Waals surface area (Å²) in [6, 6.07) is 6.35. The summed E-state index contributed by atoms with van der Waals surface area (Å²) in [6.07, 6.45) is 0.906. The minimum Gasteiger partial charge on any atom is -0.383 e. The highest BCUT2D eigenvalue weighted by atomic mass is 32.2. The summed E-state index contributed by atoms with van der Waals surface area (Å²) in [5, 5.41) is 2.86. The van der Waals surface area contributed by atoms with Crippen LogP contribution in [0, 0.1) is 0 Å². The molecule has 8 nitrogen and oxygen atoms in total. The summed E-state index contributed by atoms with van der Waals surface area (Å²) < 4.78 is 37.6. The molecule has 0 aliphatic carbocycles. The quantitative estimate of drug-likeness (QED) is 0.674. The maximum atomic E-state index is 12.4. The molecule has 0 radical (unpaired) electrons. The Morgan fingerprint density at radius 2 is 2.11 bits per heavy atom. The SMILES string of the molecule is COCCNS(=O)(=O)c1cccc(CNC(=O)N2CC[C@@H](C)O[C@@H](C)C2)c1. The Labute approximate surface area is 161 Å². The van der Waals surface area contributed by atoms with Gasteiger partial charge in [0.2, 0.25) is 10.0 Å². The van der Waals surface area contributed by atoms with Gasteiger partial charge in [0.1, 0.15) is 0 Å². The Morgan fingerprint density at radius 3 is 2.85 bits per heavy atom. The Kier molecular flexibility index (Phi) is 8.03. The normalized spacial score (nSPS) is 20.9. The molecule has 0 unspecified atom stereocenters. The zero-order chi connectivity index (χ0) is 19.9. The van der Waals surface area contributed by atoms with Crippen molar-refractivity contribution in [2.45, 2.75) is 43.9 Å². The number of amides is 2. The lowest BCUT2D eigenvalue weighted by Gasteiger charge is -2.22. The average Bonchev–Trinajstić information content (AvgIpc) is 2.80. The van der Waals surface area contributed by atoms with Crippen LogP contribution in [0.4, 0.5) is 4.79 Å². The van der Waals surface area contributed by atoms with Crippen LogP contribution < -0.4 is 10.0 Å². The Bertz CT molecular complexity index is 725. The van der Waals surface area contributed by atoms with E-state index in [1.165, 1.54) is 13.2 Å². The van der Waals surface area contributed by atoms with Crippen molar-refractivity contribution in [1.29, 1.82) is 0 Å². The van der Waals surface area contributed by atoms with Gasteiger partial charge >= 0.3 is 6.03 Å². The molecule has 0 saturated carbocycles. The van der Waals surface area contributed by atoms with Crippen LogP contribution in [0.5, 0.6) is 0 Å². The van der Waals surface area contributed by atoms with Crippen LogP contribution in [0.1, 0.15) is 25.8 Å². The summed E-state index contributed by atoms with van der Waals surface area (Å²) in [7, 11) is -2.09. The minimum absolute atomic E-state index is 0.0140. The molecule has 0 spiro atoms. The number of hydrogen-bond donors (Lipinski definition) is 2. The molecule has 1 saturated heterocycles. The van der Waals surface area contributed by atoms with Crippen molar-refractivity contribution >= 4 is 16.1 Å². The van der Waals surface area contributed by atoms with Gasteiger partial charge < -0.3 is 19.7 Å².